The minimum atomic E-state index is -1.17. The van der Waals surface area contributed by atoms with Crippen LogP contribution in [0.2, 0.25) is 0 Å². The molecule has 0 spiro atoms. The van der Waals surface area contributed by atoms with E-state index in [-0.39, 0.29) is 0 Å². The lowest BCUT2D eigenvalue weighted by Gasteiger charge is -1.91. The minimum absolute atomic E-state index is 1.06. The SMILES string of the molecule is C=CC([NH])C(=O)O. The molecule has 0 saturated carbocycles. The molecule has 0 aromatic carbocycles. The number of nitrogens with one attached hydrogen (secondary N) is 1. The Kier molecular flexibility index (Phi) is 2.08. The highest BCUT2D eigenvalue weighted by Gasteiger charge is 2.03. The molecule has 0 aromatic rings. The summed E-state index contributed by atoms with van der Waals surface area (Å²) in [4.78, 5) is 9.67. The van der Waals surface area contributed by atoms with Crippen molar-refractivity contribution in [3.63, 3.8) is 0 Å². The maximum atomic E-state index is 9.67. The Morgan fingerprint density at radius 2 is 2.43 bits per heavy atom. The smallest absolute Gasteiger partial charge is 0.326 e. The van der Waals surface area contributed by atoms with Crippen molar-refractivity contribution in [1.29, 1.82) is 0 Å². The molecule has 0 aromatic heterocycles. The standard InChI is InChI=1S/C4H6NO2/c1-2-3(5)4(6)7/h2-3,5H,1H2,(H,6,7). The van der Waals surface area contributed by atoms with E-state index in [1.54, 1.807) is 0 Å². The highest BCUT2D eigenvalue weighted by Crippen LogP contribution is 1.77. The van der Waals surface area contributed by atoms with Crippen LogP contribution in [0.3, 0.4) is 0 Å². The first kappa shape index (κ1) is 6.17. The van der Waals surface area contributed by atoms with Crippen molar-refractivity contribution in [3.05, 3.63) is 12.7 Å². The van der Waals surface area contributed by atoms with Crippen molar-refractivity contribution in [3.8, 4) is 0 Å². The fourth-order valence-corrected chi connectivity index (χ4v) is 0.101. The summed E-state index contributed by atoms with van der Waals surface area (Å²) in [5.41, 5.74) is 6.56. The molecule has 3 nitrogen and oxygen atoms in total. The molecule has 0 rings (SSSR count). The quantitative estimate of drug-likeness (QED) is 0.493. The second kappa shape index (κ2) is 2.36. The summed E-state index contributed by atoms with van der Waals surface area (Å²) >= 11 is 0. The third kappa shape index (κ3) is 1.94. The van der Waals surface area contributed by atoms with Gasteiger partial charge in [-0.3, -0.25) is 4.79 Å². The molecule has 0 aliphatic heterocycles. The molecule has 1 unspecified atom stereocenters. The van der Waals surface area contributed by atoms with Crippen LogP contribution in [-0.4, -0.2) is 17.1 Å². The Morgan fingerprint density at radius 1 is 2.00 bits per heavy atom. The van der Waals surface area contributed by atoms with Crippen LogP contribution in [0.15, 0.2) is 12.7 Å². The highest BCUT2D eigenvalue weighted by molar-refractivity contribution is 5.75. The van der Waals surface area contributed by atoms with Gasteiger partial charge in [0, 0.05) is 0 Å². The summed E-state index contributed by atoms with van der Waals surface area (Å²) < 4.78 is 0. The Hall–Kier alpha value is -0.830. The second-order valence-corrected chi connectivity index (χ2v) is 1.05. The van der Waals surface area contributed by atoms with E-state index in [0.717, 1.165) is 6.08 Å². The average molecular weight is 100 g/mol. The number of carboxylic acids is 1. The van der Waals surface area contributed by atoms with Crippen molar-refractivity contribution in [2.75, 3.05) is 0 Å². The molecule has 0 heterocycles. The van der Waals surface area contributed by atoms with E-state index in [1.807, 2.05) is 0 Å². The van der Waals surface area contributed by atoms with Crippen LogP contribution in [-0.2, 0) is 4.79 Å². The fraction of sp³-hybridized carbons (Fsp3) is 0.250. The van der Waals surface area contributed by atoms with Crippen LogP contribution >= 0.6 is 0 Å². The van der Waals surface area contributed by atoms with Crippen molar-refractivity contribution < 1.29 is 9.90 Å². The predicted molar refractivity (Wildman–Crippen MR) is 24.7 cm³/mol. The summed E-state index contributed by atoms with van der Waals surface area (Å²) in [6, 6.07) is -1.17. The molecule has 2 N–H and O–H groups in total. The lowest BCUT2D eigenvalue weighted by atomic mass is 10.3. The molecule has 1 radical (unpaired) electrons. The van der Waals surface area contributed by atoms with Gasteiger partial charge in [0.15, 0.2) is 0 Å². The third-order valence-corrected chi connectivity index (χ3v) is 0.502. The number of hydrogen-bond acceptors (Lipinski definition) is 1. The molecule has 0 fully saturated rings. The summed E-state index contributed by atoms with van der Waals surface area (Å²) in [7, 11) is 0. The van der Waals surface area contributed by atoms with Gasteiger partial charge in [0.05, 0.1) is 0 Å². The van der Waals surface area contributed by atoms with Crippen LogP contribution in [0.5, 0.6) is 0 Å². The van der Waals surface area contributed by atoms with E-state index in [0.29, 0.717) is 0 Å². The Labute approximate surface area is 41.4 Å². The Balaban J connectivity index is 3.55. The number of carbonyl (C=O) groups is 1. The van der Waals surface area contributed by atoms with Gasteiger partial charge in [0.2, 0.25) is 0 Å². The summed E-state index contributed by atoms with van der Waals surface area (Å²) in [5.74, 6) is -1.16. The topological polar surface area (TPSA) is 61.1 Å². The van der Waals surface area contributed by atoms with Gasteiger partial charge in [-0.2, -0.15) is 0 Å². The molecule has 0 aliphatic carbocycles. The minimum Gasteiger partial charge on any atom is -0.480 e. The first-order valence-electron chi connectivity index (χ1n) is 1.75. The maximum absolute atomic E-state index is 9.67. The van der Waals surface area contributed by atoms with E-state index >= 15 is 0 Å². The van der Waals surface area contributed by atoms with Crippen molar-refractivity contribution in [2.24, 2.45) is 0 Å². The molecule has 0 saturated heterocycles. The fourth-order valence-electron chi connectivity index (χ4n) is 0.101. The molecular formula is C4H6NO2. The lowest BCUT2D eigenvalue weighted by molar-refractivity contribution is -0.137. The zero-order valence-corrected chi connectivity index (χ0v) is 3.72. The zero-order chi connectivity index (χ0) is 5.86. The van der Waals surface area contributed by atoms with E-state index in [4.69, 9.17) is 10.8 Å². The van der Waals surface area contributed by atoms with Crippen molar-refractivity contribution in [2.45, 2.75) is 6.04 Å². The van der Waals surface area contributed by atoms with Crippen LogP contribution < -0.4 is 5.73 Å². The molecule has 0 amide bonds. The molecule has 0 bridgehead atoms. The van der Waals surface area contributed by atoms with E-state index in [1.165, 1.54) is 0 Å². The number of hydrogen-bond donors (Lipinski definition) is 1. The Bertz CT molecular complexity index is 89.7. The Morgan fingerprint density at radius 3 is 2.43 bits per heavy atom. The molecule has 7 heavy (non-hydrogen) atoms. The summed E-state index contributed by atoms with van der Waals surface area (Å²) in [5, 5.41) is 7.92. The van der Waals surface area contributed by atoms with Gasteiger partial charge in [0.1, 0.15) is 6.04 Å². The number of aliphatic carboxylic acids is 1. The van der Waals surface area contributed by atoms with Crippen molar-refractivity contribution >= 4 is 5.97 Å². The maximum Gasteiger partial charge on any atom is 0.326 e. The van der Waals surface area contributed by atoms with Gasteiger partial charge in [-0.15, -0.1) is 6.58 Å². The van der Waals surface area contributed by atoms with Gasteiger partial charge in [0.25, 0.3) is 0 Å². The van der Waals surface area contributed by atoms with E-state index in [2.05, 4.69) is 6.58 Å². The van der Waals surface area contributed by atoms with E-state index in [9.17, 15) is 4.79 Å². The van der Waals surface area contributed by atoms with Gasteiger partial charge >= 0.3 is 5.97 Å². The molecule has 1 atom stereocenters. The number of carboxylic acid groups (broad SMARTS) is 1. The normalized spacial score (nSPS) is 12.7. The first-order valence-corrected chi connectivity index (χ1v) is 1.75. The largest absolute Gasteiger partial charge is 0.480 e. The zero-order valence-electron chi connectivity index (χ0n) is 3.72. The summed E-state index contributed by atoms with van der Waals surface area (Å²) in [6.45, 7) is 3.11. The lowest BCUT2D eigenvalue weighted by Crippen LogP contribution is -2.17. The second-order valence-electron chi connectivity index (χ2n) is 1.05. The van der Waals surface area contributed by atoms with Gasteiger partial charge in [-0.25, -0.2) is 5.73 Å². The predicted octanol–water partition coefficient (Wildman–Crippen LogP) is -0.0915. The highest BCUT2D eigenvalue weighted by atomic mass is 16.4. The van der Waals surface area contributed by atoms with Crippen LogP contribution in [0.25, 0.3) is 0 Å². The molecule has 3 heteroatoms. The van der Waals surface area contributed by atoms with Gasteiger partial charge < -0.3 is 5.11 Å². The first-order chi connectivity index (χ1) is 3.18. The van der Waals surface area contributed by atoms with Gasteiger partial charge in [-0.05, 0) is 0 Å². The van der Waals surface area contributed by atoms with Gasteiger partial charge in [-0.1, -0.05) is 6.08 Å². The average Bonchev–Trinajstić information content (AvgIpc) is 1.65. The van der Waals surface area contributed by atoms with Crippen LogP contribution in [0.4, 0.5) is 0 Å². The monoisotopic (exact) mass is 100 g/mol. The molecular weight excluding hydrogens is 94.0 g/mol. The number of rotatable bonds is 2. The summed E-state index contributed by atoms with van der Waals surface area (Å²) in [6.07, 6.45) is 1.06. The molecule has 0 aliphatic rings. The van der Waals surface area contributed by atoms with Crippen LogP contribution in [0, 0.1) is 0 Å². The van der Waals surface area contributed by atoms with Crippen molar-refractivity contribution in [1.82, 2.24) is 5.73 Å². The van der Waals surface area contributed by atoms with Crippen LogP contribution in [0.1, 0.15) is 0 Å². The van der Waals surface area contributed by atoms with E-state index < -0.39 is 12.0 Å². The third-order valence-electron chi connectivity index (χ3n) is 0.502. The molecule has 39 valence electrons.